The van der Waals surface area contributed by atoms with E-state index in [0.29, 0.717) is 13.2 Å². The Morgan fingerprint density at radius 1 is 1.29 bits per heavy atom. The second kappa shape index (κ2) is 7.84. The van der Waals surface area contributed by atoms with Gasteiger partial charge in [0.25, 0.3) is 5.91 Å². The minimum absolute atomic E-state index is 0.103. The molecule has 5 nitrogen and oxygen atoms in total. The summed E-state index contributed by atoms with van der Waals surface area (Å²) in [7, 11) is 1.53. The standard InChI is InChI=1S/C13H17F3N2O3/c1-20-6-7-21-5-4-18-12(19)9-2-3-11(17)10(8-9)13(14,15)16/h2-3,8H,4-7,17H2,1H3,(H,18,19). The second-order valence-electron chi connectivity index (χ2n) is 4.16. The zero-order valence-electron chi connectivity index (χ0n) is 11.5. The summed E-state index contributed by atoms with van der Waals surface area (Å²) in [6.45, 7) is 1.25. The van der Waals surface area contributed by atoms with Gasteiger partial charge in [-0.25, -0.2) is 0 Å². The van der Waals surface area contributed by atoms with Gasteiger partial charge in [0.15, 0.2) is 0 Å². The number of nitrogens with two attached hydrogens (primary N) is 1. The number of alkyl halides is 3. The molecular weight excluding hydrogens is 289 g/mol. The maximum absolute atomic E-state index is 12.7. The SMILES string of the molecule is COCCOCCNC(=O)c1ccc(N)c(C(F)(F)F)c1. The predicted molar refractivity (Wildman–Crippen MR) is 70.9 cm³/mol. The molecule has 0 saturated heterocycles. The highest BCUT2D eigenvalue weighted by Crippen LogP contribution is 2.33. The van der Waals surface area contributed by atoms with Crippen LogP contribution in [0.5, 0.6) is 0 Å². The average molecular weight is 306 g/mol. The second-order valence-corrected chi connectivity index (χ2v) is 4.16. The van der Waals surface area contributed by atoms with E-state index in [9.17, 15) is 18.0 Å². The maximum atomic E-state index is 12.7. The molecule has 0 spiro atoms. The molecule has 0 heterocycles. The fraction of sp³-hybridized carbons (Fsp3) is 0.462. The third-order valence-corrected chi connectivity index (χ3v) is 2.58. The highest BCUT2D eigenvalue weighted by atomic mass is 19.4. The van der Waals surface area contributed by atoms with Crippen LogP contribution in [-0.2, 0) is 15.7 Å². The lowest BCUT2D eigenvalue weighted by Gasteiger charge is -2.12. The Hall–Kier alpha value is -1.80. The number of nitrogen functional groups attached to an aromatic ring is 1. The Kier molecular flexibility index (Phi) is 6.44. The van der Waals surface area contributed by atoms with Crippen molar-refractivity contribution >= 4 is 11.6 Å². The molecule has 8 heteroatoms. The van der Waals surface area contributed by atoms with E-state index in [1.165, 1.54) is 13.2 Å². The van der Waals surface area contributed by atoms with E-state index in [-0.39, 0.29) is 18.7 Å². The van der Waals surface area contributed by atoms with Crippen molar-refractivity contribution < 1.29 is 27.4 Å². The number of ether oxygens (including phenoxy) is 2. The van der Waals surface area contributed by atoms with Gasteiger partial charge >= 0.3 is 6.18 Å². The minimum atomic E-state index is -4.59. The first-order chi connectivity index (χ1) is 9.86. The summed E-state index contributed by atoms with van der Waals surface area (Å²) < 4.78 is 47.9. The van der Waals surface area contributed by atoms with E-state index in [0.717, 1.165) is 12.1 Å². The van der Waals surface area contributed by atoms with Gasteiger partial charge in [-0.1, -0.05) is 0 Å². The number of methoxy groups -OCH3 is 1. The van der Waals surface area contributed by atoms with Gasteiger partial charge in [-0.2, -0.15) is 13.2 Å². The zero-order chi connectivity index (χ0) is 15.9. The van der Waals surface area contributed by atoms with Gasteiger partial charge < -0.3 is 20.5 Å². The monoisotopic (exact) mass is 306 g/mol. The molecule has 3 N–H and O–H groups in total. The molecule has 0 atom stereocenters. The van der Waals surface area contributed by atoms with Gasteiger partial charge in [0.1, 0.15) is 0 Å². The van der Waals surface area contributed by atoms with Crippen molar-refractivity contribution in [3.8, 4) is 0 Å². The summed E-state index contributed by atoms with van der Waals surface area (Å²) in [6.07, 6.45) is -4.59. The lowest BCUT2D eigenvalue weighted by atomic mass is 10.1. The number of halogens is 3. The number of benzene rings is 1. The first-order valence-corrected chi connectivity index (χ1v) is 6.18. The Morgan fingerprint density at radius 2 is 2.00 bits per heavy atom. The van der Waals surface area contributed by atoms with Crippen molar-refractivity contribution in [3.05, 3.63) is 29.3 Å². The third-order valence-electron chi connectivity index (χ3n) is 2.58. The zero-order valence-corrected chi connectivity index (χ0v) is 11.5. The molecule has 1 rings (SSSR count). The van der Waals surface area contributed by atoms with Crippen LogP contribution in [0.1, 0.15) is 15.9 Å². The van der Waals surface area contributed by atoms with Crippen molar-refractivity contribution in [1.29, 1.82) is 0 Å². The summed E-state index contributed by atoms with van der Waals surface area (Å²) in [5.74, 6) is -0.615. The molecule has 0 aliphatic rings. The Morgan fingerprint density at radius 3 is 2.62 bits per heavy atom. The maximum Gasteiger partial charge on any atom is 0.418 e. The number of carbonyl (C=O) groups excluding carboxylic acids is 1. The number of anilines is 1. The average Bonchev–Trinajstić information content (AvgIpc) is 2.41. The molecule has 0 fully saturated rings. The van der Waals surface area contributed by atoms with Crippen molar-refractivity contribution in [1.82, 2.24) is 5.32 Å². The van der Waals surface area contributed by atoms with Crippen LogP contribution in [0.2, 0.25) is 0 Å². The van der Waals surface area contributed by atoms with E-state index < -0.39 is 23.3 Å². The van der Waals surface area contributed by atoms with Gasteiger partial charge in [0.2, 0.25) is 0 Å². The number of hydrogen-bond donors (Lipinski definition) is 2. The van der Waals surface area contributed by atoms with Gasteiger partial charge in [-0.3, -0.25) is 4.79 Å². The lowest BCUT2D eigenvalue weighted by Crippen LogP contribution is -2.28. The molecule has 0 unspecified atom stereocenters. The Labute approximate surface area is 120 Å². The molecule has 0 aliphatic heterocycles. The number of hydrogen-bond acceptors (Lipinski definition) is 4. The number of carbonyl (C=O) groups is 1. The van der Waals surface area contributed by atoms with E-state index in [1.807, 2.05) is 0 Å². The van der Waals surface area contributed by atoms with Crippen LogP contribution < -0.4 is 11.1 Å². The fourth-order valence-electron chi connectivity index (χ4n) is 1.53. The van der Waals surface area contributed by atoms with Crippen molar-refractivity contribution in [3.63, 3.8) is 0 Å². The van der Waals surface area contributed by atoms with Crippen LogP contribution in [0, 0.1) is 0 Å². The Balaban J connectivity index is 2.55. The van der Waals surface area contributed by atoms with E-state index in [2.05, 4.69) is 5.32 Å². The minimum Gasteiger partial charge on any atom is -0.398 e. The normalized spacial score (nSPS) is 11.4. The number of nitrogens with one attached hydrogen (secondary N) is 1. The van der Waals surface area contributed by atoms with Crippen molar-refractivity contribution in [2.24, 2.45) is 0 Å². The molecule has 1 amide bonds. The van der Waals surface area contributed by atoms with Crippen molar-refractivity contribution in [2.75, 3.05) is 39.2 Å². The molecular formula is C13H17F3N2O3. The topological polar surface area (TPSA) is 73.6 Å². The highest BCUT2D eigenvalue weighted by molar-refractivity contribution is 5.94. The van der Waals surface area contributed by atoms with E-state index >= 15 is 0 Å². The summed E-state index contributed by atoms with van der Waals surface area (Å²) in [5, 5.41) is 2.46. The van der Waals surface area contributed by atoms with Crippen molar-refractivity contribution in [2.45, 2.75) is 6.18 Å². The molecule has 0 aromatic heterocycles. The van der Waals surface area contributed by atoms with E-state index in [4.69, 9.17) is 15.2 Å². The highest BCUT2D eigenvalue weighted by Gasteiger charge is 2.33. The van der Waals surface area contributed by atoms with Gasteiger partial charge in [-0.05, 0) is 18.2 Å². The largest absolute Gasteiger partial charge is 0.418 e. The van der Waals surface area contributed by atoms with E-state index in [1.54, 1.807) is 0 Å². The summed E-state index contributed by atoms with van der Waals surface area (Å²) >= 11 is 0. The number of rotatable bonds is 7. The van der Waals surface area contributed by atoms with Crippen LogP contribution >= 0.6 is 0 Å². The molecule has 0 bridgehead atoms. The summed E-state index contributed by atoms with van der Waals surface area (Å²) in [4.78, 5) is 11.7. The van der Waals surface area contributed by atoms with Crippen LogP contribution in [0.25, 0.3) is 0 Å². The van der Waals surface area contributed by atoms with Crippen LogP contribution in [-0.4, -0.2) is 39.4 Å². The molecule has 0 saturated carbocycles. The van der Waals surface area contributed by atoms with Gasteiger partial charge in [0.05, 0.1) is 25.4 Å². The molecule has 21 heavy (non-hydrogen) atoms. The van der Waals surface area contributed by atoms with Gasteiger partial charge in [0, 0.05) is 24.9 Å². The molecule has 1 aromatic carbocycles. The smallest absolute Gasteiger partial charge is 0.398 e. The predicted octanol–water partition coefficient (Wildman–Crippen LogP) is 1.68. The van der Waals surface area contributed by atoms with Crippen LogP contribution in [0.4, 0.5) is 18.9 Å². The van der Waals surface area contributed by atoms with Gasteiger partial charge in [-0.15, -0.1) is 0 Å². The fourth-order valence-corrected chi connectivity index (χ4v) is 1.53. The number of amides is 1. The molecule has 1 aromatic rings. The summed E-state index contributed by atoms with van der Waals surface area (Å²) in [5.41, 5.74) is 3.72. The van der Waals surface area contributed by atoms with Crippen LogP contribution in [0.15, 0.2) is 18.2 Å². The molecule has 118 valence electrons. The molecule has 0 radical (unpaired) electrons. The summed E-state index contributed by atoms with van der Waals surface area (Å²) in [6, 6.07) is 3.04. The quantitative estimate of drug-likeness (QED) is 0.594. The van der Waals surface area contributed by atoms with Crippen LogP contribution in [0.3, 0.4) is 0 Å². The lowest BCUT2D eigenvalue weighted by molar-refractivity contribution is -0.136. The first-order valence-electron chi connectivity index (χ1n) is 6.18. The molecule has 0 aliphatic carbocycles. The third kappa shape index (κ3) is 5.60. The Bertz CT molecular complexity index is 478. The first kappa shape index (κ1) is 17.3.